The van der Waals surface area contributed by atoms with Gasteiger partial charge in [-0.2, -0.15) is 0 Å². The highest BCUT2D eigenvalue weighted by atomic mass is 16.5. The molecule has 1 fully saturated rings. The van der Waals surface area contributed by atoms with Crippen molar-refractivity contribution in [2.24, 2.45) is 5.92 Å². The van der Waals surface area contributed by atoms with Crippen LogP contribution in [0.15, 0.2) is 0 Å². The second kappa shape index (κ2) is 6.38. The maximum atomic E-state index is 5.71. The topological polar surface area (TPSA) is 30.5 Å². The van der Waals surface area contributed by atoms with E-state index < -0.39 is 0 Å². The fraction of sp³-hybridized carbons (Fsp3) is 1.00. The summed E-state index contributed by atoms with van der Waals surface area (Å²) in [6.45, 7) is 9.98. The molecule has 1 rings (SSSR count). The standard InChI is InChI=1S/C11H23NO2/c1-9(2)4-5-13-8-11-7-12-6-10(3)14-11/h9-12H,4-8H2,1-3H3. The monoisotopic (exact) mass is 201 g/mol. The summed E-state index contributed by atoms with van der Waals surface area (Å²) in [7, 11) is 0. The lowest BCUT2D eigenvalue weighted by Crippen LogP contribution is -2.45. The average molecular weight is 201 g/mol. The lowest BCUT2D eigenvalue weighted by atomic mass is 10.1. The Labute approximate surface area is 87.2 Å². The van der Waals surface area contributed by atoms with Crippen molar-refractivity contribution in [3.63, 3.8) is 0 Å². The van der Waals surface area contributed by atoms with Gasteiger partial charge in [0.2, 0.25) is 0 Å². The summed E-state index contributed by atoms with van der Waals surface area (Å²) >= 11 is 0. The van der Waals surface area contributed by atoms with Crippen molar-refractivity contribution in [3.05, 3.63) is 0 Å². The van der Waals surface area contributed by atoms with Crippen molar-refractivity contribution >= 4 is 0 Å². The van der Waals surface area contributed by atoms with Crippen LogP contribution in [0.2, 0.25) is 0 Å². The van der Waals surface area contributed by atoms with Crippen LogP contribution in [0.1, 0.15) is 27.2 Å². The third-order valence-corrected chi connectivity index (χ3v) is 2.37. The molecule has 2 unspecified atom stereocenters. The van der Waals surface area contributed by atoms with Gasteiger partial charge in [0.15, 0.2) is 0 Å². The summed E-state index contributed by atoms with van der Waals surface area (Å²) in [5.74, 6) is 0.722. The van der Waals surface area contributed by atoms with E-state index in [1.54, 1.807) is 0 Å². The zero-order valence-electron chi connectivity index (χ0n) is 9.58. The third kappa shape index (κ3) is 4.94. The summed E-state index contributed by atoms with van der Waals surface area (Å²) in [5, 5.41) is 3.33. The van der Waals surface area contributed by atoms with Gasteiger partial charge in [0, 0.05) is 19.7 Å². The number of morpholine rings is 1. The molecule has 0 amide bonds. The molecule has 84 valence electrons. The molecule has 1 saturated heterocycles. The highest BCUT2D eigenvalue weighted by Crippen LogP contribution is 2.05. The minimum atomic E-state index is 0.242. The minimum Gasteiger partial charge on any atom is -0.379 e. The van der Waals surface area contributed by atoms with E-state index in [4.69, 9.17) is 9.47 Å². The summed E-state index contributed by atoms with van der Waals surface area (Å²) in [4.78, 5) is 0. The molecule has 1 aliphatic heterocycles. The molecule has 3 nitrogen and oxygen atoms in total. The van der Waals surface area contributed by atoms with Gasteiger partial charge in [0.1, 0.15) is 0 Å². The fourth-order valence-corrected chi connectivity index (χ4v) is 1.50. The normalized spacial score (nSPS) is 28.3. The van der Waals surface area contributed by atoms with Crippen molar-refractivity contribution in [1.29, 1.82) is 0 Å². The molecule has 0 aromatic rings. The van der Waals surface area contributed by atoms with Crippen LogP contribution in [0.4, 0.5) is 0 Å². The molecule has 0 aliphatic carbocycles. The van der Waals surface area contributed by atoms with Gasteiger partial charge in [-0.15, -0.1) is 0 Å². The summed E-state index contributed by atoms with van der Waals surface area (Å²) in [6, 6.07) is 0. The van der Waals surface area contributed by atoms with E-state index in [2.05, 4.69) is 26.1 Å². The number of rotatable bonds is 5. The van der Waals surface area contributed by atoms with Gasteiger partial charge in [-0.3, -0.25) is 0 Å². The molecule has 3 heteroatoms. The molecule has 0 saturated carbocycles. The second-order valence-electron chi connectivity index (χ2n) is 4.48. The maximum Gasteiger partial charge on any atom is 0.0936 e. The van der Waals surface area contributed by atoms with Crippen LogP contribution in [0, 0.1) is 5.92 Å². The predicted molar refractivity (Wildman–Crippen MR) is 57.5 cm³/mol. The molecule has 1 N–H and O–H groups in total. The van der Waals surface area contributed by atoms with Crippen LogP contribution in [-0.2, 0) is 9.47 Å². The minimum absolute atomic E-state index is 0.242. The van der Waals surface area contributed by atoms with Gasteiger partial charge < -0.3 is 14.8 Å². The van der Waals surface area contributed by atoms with E-state index in [-0.39, 0.29) is 6.10 Å². The number of nitrogens with one attached hydrogen (secondary N) is 1. The van der Waals surface area contributed by atoms with Crippen LogP contribution in [0.25, 0.3) is 0 Å². The SMILES string of the molecule is CC(C)CCOCC1CNCC(C)O1. The molecule has 0 bridgehead atoms. The van der Waals surface area contributed by atoms with Crippen LogP contribution in [0.3, 0.4) is 0 Å². The largest absolute Gasteiger partial charge is 0.379 e. The molecule has 2 atom stereocenters. The summed E-state index contributed by atoms with van der Waals surface area (Å²) < 4.78 is 11.3. The molecule has 0 aromatic carbocycles. The number of hydrogen-bond acceptors (Lipinski definition) is 3. The van der Waals surface area contributed by atoms with Crippen molar-refractivity contribution in [1.82, 2.24) is 5.32 Å². The first-order chi connectivity index (χ1) is 6.68. The van der Waals surface area contributed by atoms with E-state index in [1.165, 1.54) is 0 Å². The average Bonchev–Trinajstić information content (AvgIpc) is 2.12. The molecule has 0 radical (unpaired) electrons. The molecule has 14 heavy (non-hydrogen) atoms. The lowest BCUT2D eigenvalue weighted by molar-refractivity contribution is -0.0694. The van der Waals surface area contributed by atoms with Crippen molar-refractivity contribution in [3.8, 4) is 0 Å². The fourth-order valence-electron chi connectivity index (χ4n) is 1.50. The van der Waals surface area contributed by atoms with Gasteiger partial charge in [-0.05, 0) is 19.3 Å². The highest BCUT2D eigenvalue weighted by Gasteiger charge is 2.18. The summed E-state index contributed by atoms with van der Waals surface area (Å²) in [5.41, 5.74) is 0. The summed E-state index contributed by atoms with van der Waals surface area (Å²) in [6.07, 6.45) is 1.70. The molecule has 1 heterocycles. The molecular formula is C11H23NO2. The zero-order chi connectivity index (χ0) is 10.4. The van der Waals surface area contributed by atoms with E-state index in [1.807, 2.05) is 0 Å². The number of hydrogen-bond donors (Lipinski definition) is 1. The molecule has 1 aliphatic rings. The van der Waals surface area contributed by atoms with E-state index in [0.29, 0.717) is 6.10 Å². The smallest absolute Gasteiger partial charge is 0.0936 e. The van der Waals surface area contributed by atoms with Crippen molar-refractivity contribution < 1.29 is 9.47 Å². The first kappa shape index (κ1) is 12.0. The Bertz CT molecular complexity index is 150. The first-order valence-electron chi connectivity index (χ1n) is 5.62. The van der Waals surface area contributed by atoms with Gasteiger partial charge in [0.05, 0.1) is 18.8 Å². The Morgan fingerprint density at radius 1 is 1.43 bits per heavy atom. The van der Waals surface area contributed by atoms with Crippen molar-refractivity contribution in [2.45, 2.75) is 39.4 Å². The van der Waals surface area contributed by atoms with Gasteiger partial charge >= 0.3 is 0 Å². The Balaban J connectivity index is 2.00. The Kier molecular flexibility index (Phi) is 5.45. The van der Waals surface area contributed by atoms with E-state index >= 15 is 0 Å². The quantitative estimate of drug-likeness (QED) is 0.683. The Morgan fingerprint density at radius 3 is 2.86 bits per heavy atom. The number of ether oxygens (including phenoxy) is 2. The zero-order valence-corrected chi connectivity index (χ0v) is 9.58. The predicted octanol–water partition coefficient (Wildman–Crippen LogP) is 1.43. The van der Waals surface area contributed by atoms with Gasteiger partial charge in [-0.1, -0.05) is 13.8 Å². The molecule has 0 spiro atoms. The highest BCUT2D eigenvalue weighted by molar-refractivity contribution is 4.71. The van der Waals surface area contributed by atoms with Crippen LogP contribution in [0.5, 0.6) is 0 Å². The lowest BCUT2D eigenvalue weighted by Gasteiger charge is -2.28. The van der Waals surface area contributed by atoms with Gasteiger partial charge in [-0.25, -0.2) is 0 Å². The van der Waals surface area contributed by atoms with Crippen molar-refractivity contribution in [2.75, 3.05) is 26.3 Å². The van der Waals surface area contributed by atoms with Crippen LogP contribution < -0.4 is 5.32 Å². The van der Waals surface area contributed by atoms with E-state index in [9.17, 15) is 0 Å². The third-order valence-electron chi connectivity index (χ3n) is 2.37. The van der Waals surface area contributed by atoms with Gasteiger partial charge in [0.25, 0.3) is 0 Å². The van der Waals surface area contributed by atoms with E-state index in [0.717, 1.165) is 38.6 Å². The molecule has 0 aromatic heterocycles. The second-order valence-corrected chi connectivity index (χ2v) is 4.48. The van der Waals surface area contributed by atoms with Crippen LogP contribution >= 0.6 is 0 Å². The molecular weight excluding hydrogens is 178 g/mol. The van der Waals surface area contributed by atoms with Crippen LogP contribution in [-0.4, -0.2) is 38.5 Å². The Morgan fingerprint density at radius 2 is 2.21 bits per heavy atom. The Hall–Kier alpha value is -0.120. The first-order valence-corrected chi connectivity index (χ1v) is 5.62. The maximum absolute atomic E-state index is 5.71.